The van der Waals surface area contributed by atoms with E-state index in [0.717, 1.165) is 47.0 Å². The van der Waals surface area contributed by atoms with Crippen molar-refractivity contribution >= 4 is 17.7 Å². The summed E-state index contributed by atoms with van der Waals surface area (Å²) < 4.78 is 1.75. The number of amides is 1. The molecule has 25 heavy (non-hydrogen) atoms. The van der Waals surface area contributed by atoms with Crippen LogP contribution in [0.25, 0.3) is 0 Å². The molecule has 0 radical (unpaired) electrons. The number of hydrogen-bond donors (Lipinski definition) is 1. The maximum absolute atomic E-state index is 12.8. The molecule has 2 aliphatic rings. The SMILES string of the molecule is CC(NC(=O)CC1CSc2nc3c(c(=O)n21)CCC3)c1ccccc1. The van der Waals surface area contributed by atoms with Gasteiger partial charge in [-0.15, -0.1) is 0 Å². The fourth-order valence-electron chi connectivity index (χ4n) is 3.64. The molecule has 2 aromatic rings. The van der Waals surface area contributed by atoms with Gasteiger partial charge in [0.05, 0.1) is 17.8 Å². The highest BCUT2D eigenvalue weighted by atomic mass is 32.2. The van der Waals surface area contributed by atoms with E-state index in [0.29, 0.717) is 6.42 Å². The first-order chi connectivity index (χ1) is 12.1. The molecule has 1 aliphatic carbocycles. The molecule has 2 atom stereocenters. The van der Waals surface area contributed by atoms with Crippen LogP contribution in [0.5, 0.6) is 0 Å². The first-order valence-electron chi connectivity index (χ1n) is 8.75. The molecule has 1 aliphatic heterocycles. The number of aryl methyl sites for hydroxylation is 1. The highest BCUT2D eigenvalue weighted by Crippen LogP contribution is 2.34. The number of benzene rings is 1. The number of nitrogens with zero attached hydrogens (tertiary/aromatic N) is 2. The van der Waals surface area contributed by atoms with E-state index in [1.165, 1.54) is 0 Å². The quantitative estimate of drug-likeness (QED) is 0.857. The smallest absolute Gasteiger partial charge is 0.257 e. The number of aromatic nitrogens is 2. The average molecular weight is 355 g/mol. The van der Waals surface area contributed by atoms with Crippen LogP contribution in [0.15, 0.2) is 40.3 Å². The van der Waals surface area contributed by atoms with Gasteiger partial charge in [-0.3, -0.25) is 14.2 Å². The molecule has 2 unspecified atom stereocenters. The molecule has 1 aromatic carbocycles. The highest BCUT2D eigenvalue weighted by Gasteiger charge is 2.31. The van der Waals surface area contributed by atoms with E-state index >= 15 is 0 Å². The minimum Gasteiger partial charge on any atom is -0.350 e. The van der Waals surface area contributed by atoms with Crippen molar-refractivity contribution in [3.8, 4) is 0 Å². The number of rotatable bonds is 4. The van der Waals surface area contributed by atoms with Crippen molar-refractivity contribution < 1.29 is 4.79 Å². The second-order valence-corrected chi connectivity index (χ2v) is 7.70. The van der Waals surface area contributed by atoms with Gasteiger partial charge in [-0.2, -0.15) is 0 Å². The van der Waals surface area contributed by atoms with Gasteiger partial charge in [-0.25, -0.2) is 4.98 Å². The summed E-state index contributed by atoms with van der Waals surface area (Å²) in [6, 6.07) is 9.75. The first-order valence-corrected chi connectivity index (χ1v) is 9.73. The summed E-state index contributed by atoms with van der Waals surface area (Å²) >= 11 is 1.59. The van der Waals surface area contributed by atoms with Gasteiger partial charge in [0.2, 0.25) is 5.91 Å². The minimum atomic E-state index is -0.103. The molecule has 1 aromatic heterocycles. The van der Waals surface area contributed by atoms with E-state index in [2.05, 4.69) is 10.3 Å². The van der Waals surface area contributed by atoms with Gasteiger partial charge in [0.25, 0.3) is 5.56 Å². The lowest BCUT2D eigenvalue weighted by Gasteiger charge is -2.17. The third-order valence-corrected chi connectivity index (χ3v) is 6.07. The second-order valence-electron chi connectivity index (χ2n) is 6.72. The van der Waals surface area contributed by atoms with E-state index in [1.807, 2.05) is 37.3 Å². The Morgan fingerprint density at radius 2 is 2.16 bits per heavy atom. The van der Waals surface area contributed by atoms with Gasteiger partial charge < -0.3 is 5.32 Å². The summed E-state index contributed by atoms with van der Waals surface area (Å²) in [5.74, 6) is 0.709. The average Bonchev–Trinajstić information content (AvgIpc) is 3.23. The molecule has 0 bridgehead atoms. The Morgan fingerprint density at radius 3 is 2.96 bits per heavy atom. The molecule has 2 heterocycles. The van der Waals surface area contributed by atoms with E-state index in [9.17, 15) is 9.59 Å². The van der Waals surface area contributed by atoms with Crippen LogP contribution in [0.2, 0.25) is 0 Å². The van der Waals surface area contributed by atoms with E-state index in [4.69, 9.17) is 0 Å². The summed E-state index contributed by atoms with van der Waals surface area (Å²) in [5, 5.41) is 3.82. The van der Waals surface area contributed by atoms with Gasteiger partial charge in [-0.05, 0) is 31.7 Å². The fraction of sp³-hybridized carbons (Fsp3) is 0.421. The molecule has 130 valence electrons. The molecule has 0 fully saturated rings. The lowest BCUT2D eigenvalue weighted by molar-refractivity contribution is -0.122. The van der Waals surface area contributed by atoms with Gasteiger partial charge in [0.15, 0.2) is 5.16 Å². The number of carbonyl (C=O) groups is 1. The number of carbonyl (C=O) groups excluding carboxylic acids is 1. The predicted octanol–water partition coefficient (Wildman–Crippen LogP) is 2.65. The molecule has 0 saturated carbocycles. The second kappa shape index (κ2) is 6.67. The van der Waals surface area contributed by atoms with Crippen LogP contribution < -0.4 is 10.9 Å². The monoisotopic (exact) mass is 355 g/mol. The van der Waals surface area contributed by atoms with Gasteiger partial charge in [0, 0.05) is 17.7 Å². The molecule has 4 rings (SSSR count). The Labute approximate surface area is 150 Å². The van der Waals surface area contributed by atoms with Crippen LogP contribution >= 0.6 is 11.8 Å². The largest absolute Gasteiger partial charge is 0.350 e. The van der Waals surface area contributed by atoms with Crippen LogP contribution in [0, 0.1) is 0 Å². The normalized spacial score (nSPS) is 19.3. The molecule has 1 N–H and O–H groups in total. The van der Waals surface area contributed by atoms with Crippen molar-refractivity contribution in [2.24, 2.45) is 0 Å². The Bertz CT molecular complexity index is 863. The van der Waals surface area contributed by atoms with E-state index in [-0.39, 0.29) is 23.6 Å². The lowest BCUT2D eigenvalue weighted by atomic mass is 10.1. The molecule has 0 spiro atoms. The van der Waals surface area contributed by atoms with E-state index < -0.39 is 0 Å². The molecular weight excluding hydrogens is 334 g/mol. The fourth-order valence-corrected chi connectivity index (χ4v) is 4.80. The van der Waals surface area contributed by atoms with Crippen molar-refractivity contribution in [1.82, 2.24) is 14.9 Å². The molecule has 1 amide bonds. The molecule has 5 nitrogen and oxygen atoms in total. The van der Waals surface area contributed by atoms with Crippen LogP contribution in [-0.4, -0.2) is 21.2 Å². The third kappa shape index (κ3) is 3.11. The van der Waals surface area contributed by atoms with Gasteiger partial charge >= 0.3 is 0 Å². The molecular formula is C19H21N3O2S. The maximum Gasteiger partial charge on any atom is 0.257 e. The van der Waals surface area contributed by atoms with Crippen molar-refractivity contribution in [3.05, 3.63) is 57.5 Å². The first kappa shape index (κ1) is 16.4. The zero-order valence-corrected chi connectivity index (χ0v) is 15.0. The number of hydrogen-bond acceptors (Lipinski definition) is 4. The van der Waals surface area contributed by atoms with Crippen molar-refractivity contribution in [1.29, 1.82) is 0 Å². The minimum absolute atomic E-state index is 0.0257. The number of thioether (sulfide) groups is 1. The van der Waals surface area contributed by atoms with E-state index in [1.54, 1.807) is 16.3 Å². The van der Waals surface area contributed by atoms with Crippen LogP contribution in [0.1, 0.15) is 48.7 Å². The predicted molar refractivity (Wildman–Crippen MR) is 97.9 cm³/mol. The summed E-state index contributed by atoms with van der Waals surface area (Å²) in [6.07, 6.45) is 3.04. The Balaban J connectivity index is 1.49. The number of fused-ring (bicyclic) bond motifs is 2. The van der Waals surface area contributed by atoms with Crippen molar-refractivity contribution in [2.75, 3.05) is 5.75 Å². The zero-order chi connectivity index (χ0) is 17.4. The summed E-state index contributed by atoms with van der Waals surface area (Å²) in [5.41, 5.74) is 2.96. The maximum atomic E-state index is 12.8. The number of nitrogens with one attached hydrogen (secondary N) is 1. The Morgan fingerprint density at radius 1 is 1.36 bits per heavy atom. The lowest BCUT2D eigenvalue weighted by Crippen LogP contribution is -2.33. The Hall–Kier alpha value is -2.08. The van der Waals surface area contributed by atoms with Crippen LogP contribution in [0.3, 0.4) is 0 Å². The Kier molecular flexibility index (Phi) is 4.37. The summed E-state index contributed by atoms with van der Waals surface area (Å²) in [4.78, 5) is 29.9. The molecule has 6 heteroatoms. The van der Waals surface area contributed by atoms with Crippen molar-refractivity contribution in [3.63, 3.8) is 0 Å². The summed E-state index contributed by atoms with van der Waals surface area (Å²) in [7, 11) is 0. The van der Waals surface area contributed by atoms with Crippen molar-refractivity contribution in [2.45, 2.75) is 49.8 Å². The van der Waals surface area contributed by atoms with Gasteiger partial charge in [0.1, 0.15) is 0 Å². The van der Waals surface area contributed by atoms with Crippen LogP contribution in [-0.2, 0) is 17.6 Å². The zero-order valence-electron chi connectivity index (χ0n) is 14.2. The van der Waals surface area contributed by atoms with Crippen LogP contribution in [0.4, 0.5) is 0 Å². The van der Waals surface area contributed by atoms with Gasteiger partial charge in [-0.1, -0.05) is 42.1 Å². The standard InChI is InChI=1S/C19H21N3O2S/c1-12(13-6-3-2-4-7-13)20-17(23)10-14-11-25-19-21-16-9-5-8-15(16)18(24)22(14)19/h2-4,6-7,12,14H,5,8-11H2,1H3,(H,20,23). The molecule has 0 saturated heterocycles. The summed E-state index contributed by atoms with van der Waals surface area (Å²) in [6.45, 7) is 1.98. The highest BCUT2D eigenvalue weighted by molar-refractivity contribution is 7.99. The third-order valence-electron chi connectivity index (χ3n) is 4.97. The topological polar surface area (TPSA) is 64.0 Å².